The van der Waals surface area contributed by atoms with E-state index in [0.717, 1.165) is 44.2 Å². The lowest BCUT2D eigenvalue weighted by Crippen LogP contribution is -2.66. The van der Waals surface area contributed by atoms with Crippen molar-refractivity contribution < 1.29 is 38.4 Å². The summed E-state index contributed by atoms with van der Waals surface area (Å²) >= 11 is 0. The standard InChI is InChI=1S/C33H52O5.C11H17NO3.C3H6/c1-28(2,27(36)37)19-26(35)38-25-13-15-30(5)23(29(25,3)4)12-16-32(7)24(30)11-10-21-22-9-8-14-33(22,20-34)18-17-31(21,32)6;1-12-7-8-5-9(13-2)11(15-4)10(6-8)14-3;1-3-2/h20-25H,8-19H2,1-7H3,(H,36,37);5-6,12H,7H2,1-4H3;3H,1H2,2H3/t21?,22?,23?,24?,25?,30?,31-,32?,33?;;/m1../s1. The minimum atomic E-state index is -1.12. The van der Waals surface area contributed by atoms with E-state index in [2.05, 4.69) is 46.5 Å². The third kappa shape index (κ3) is 8.01. The van der Waals surface area contributed by atoms with E-state index < -0.39 is 11.4 Å². The highest BCUT2D eigenvalue weighted by atomic mass is 16.5. The van der Waals surface area contributed by atoms with E-state index in [1.807, 2.05) is 26.1 Å². The Morgan fingerprint density at radius 1 is 0.857 bits per heavy atom. The van der Waals surface area contributed by atoms with E-state index in [1.165, 1.54) is 44.8 Å². The van der Waals surface area contributed by atoms with Gasteiger partial charge in [0.1, 0.15) is 12.4 Å². The van der Waals surface area contributed by atoms with Crippen LogP contribution in [0, 0.1) is 56.2 Å². The van der Waals surface area contributed by atoms with Gasteiger partial charge in [0, 0.05) is 17.4 Å². The van der Waals surface area contributed by atoms with E-state index in [1.54, 1.807) is 41.3 Å². The Morgan fingerprint density at radius 2 is 1.48 bits per heavy atom. The summed E-state index contributed by atoms with van der Waals surface area (Å²) in [4.78, 5) is 36.8. The third-order valence-electron chi connectivity index (χ3n) is 16.1. The molecule has 0 radical (unpaired) electrons. The molecule has 5 aliphatic carbocycles. The first-order valence-corrected chi connectivity index (χ1v) is 21.2. The number of hydrogen-bond acceptors (Lipinski definition) is 8. The number of rotatable bonds is 10. The van der Waals surface area contributed by atoms with Crippen molar-refractivity contribution in [1.29, 1.82) is 0 Å². The molecule has 1 aromatic carbocycles. The van der Waals surface area contributed by atoms with Gasteiger partial charge in [-0.15, -0.1) is 6.58 Å². The van der Waals surface area contributed by atoms with Crippen molar-refractivity contribution in [3.8, 4) is 17.2 Å². The summed E-state index contributed by atoms with van der Waals surface area (Å²) in [6.45, 7) is 21.5. The Kier molecular flexibility index (Phi) is 14.2. The van der Waals surface area contributed by atoms with Crippen molar-refractivity contribution in [3.63, 3.8) is 0 Å². The van der Waals surface area contributed by atoms with E-state index >= 15 is 0 Å². The van der Waals surface area contributed by atoms with Gasteiger partial charge >= 0.3 is 11.9 Å². The Hall–Kier alpha value is -3.07. The lowest BCUT2D eigenvalue weighted by Gasteiger charge is -2.72. The zero-order valence-electron chi connectivity index (χ0n) is 36.9. The third-order valence-corrected chi connectivity index (χ3v) is 16.1. The molecule has 0 saturated heterocycles. The van der Waals surface area contributed by atoms with Crippen LogP contribution in [0.1, 0.15) is 138 Å². The molecule has 0 spiro atoms. The molecule has 6 rings (SSSR count). The number of fused-ring (bicyclic) bond motifs is 7. The van der Waals surface area contributed by atoms with Crippen LogP contribution in [0.25, 0.3) is 0 Å². The number of nitrogens with one attached hydrogen (secondary N) is 1. The van der Waals surface area contributed by atoms with E-state index in [9.17, 15) is 19.5 Å². The van der Waals surface area contributed by atoms with Gasteiger partial charge in [-0.1, -0.05) is 47.1 Å². The van der Waals surface area contributed by atoms with Crippen molar-refractivity contribution in [2.24, 2.45) is 56.2 Å². The first-order chi connectivity index (χ1) is 26.2. The van der Waals surface area contributed by atoms with E-state index in [4.69, 9.17) is 18.9 Å². The molecule has 9 nitrogen and oxygen atoms in total. The summed E-state index contributed by atoms with van der Waals surface area (Å²) in [5.74, 6) is 2.98. The van der Waals surface area contributed by atoms with Gasteiger partial charge in [0.05, 0.1) is 33.2 Å². The highest BCUT2D eigenvalue weighted by Gasteiger charge is 2.70. The average molecular weight is 782 g/mol. The first kappa shape index (κ1) is 45.6. The zero-order chi connectivity index (χ0) is 41.9. The molecule has 5 aliphatic rings. The van der Waals surface area contributed by atoms with Crippen LogP contribution in [0.3, 0.4) is 0 Å². The Balaban J connectivity index is 0.000000323. The van der Waals surface area contributed by atoms with Gasteiger partial charge < -0.3 is 34.2 Å². The topological polar surface area (TPSA) is 120 Å². The van der Waals surface area contributed by atoms with Gasteiger partial charge in [0.15, 0.2) is 11.5 Å². The molecule has 5 fully saturated rings. The smallest absolute Gasteiger partial charge is 0.309 e. The van der Waals surface area contributed by atoms with Crippen LogP contribution in [-0.4, -0.2) is 57.8 Å². The zero-order valence-corrected chi connectivity index (χ0v) is 36.9. The Bertz CT molecular complexity index is 1550. The van der Waals surface area contributed by atoms with Gasteiger partial charge in [-0.05, 0) is 150 Å². The highest BCUT2D eigenvalue weighted by molar-refractivity contribution is 5.81. The number of aliphatic carboxylic acids is 1. The molecule has 9 heteroatoms. The predicted molar refractivity (Wildman–Crippen MR) is 222 cm³/mol. The van der Waals surface area contributed by atoms with Crippen LogP contribution in [0.5, 0.6) is 17.2 Å². The van der Waals surface area contributed by atoms with Crippen LogP contribution >= 0.6 is 0 Å². The van der Waals surface area contributed by atoms with Gasteiger partial charge in [-0.3, -0.25) is 9.59 Å². The van der Waals surface area contributed by atoms with E-state index in [0.29, 0.717) is 40.9 Å². The number of carbonyl (C=O) groups excluding carboxylic acids is 2. The number of methoxy groups -OCH3 is 3. The van der Waals surface area contributed by atoms with Gasteiger partial charge in [0.25, 0.3) is 0 Å². The average Bonchev–Trinajstić information content (AvgIpc) is 3.58. The molecule has 0 aliphatic heterocycles. The predicted octanol–water partition coefficient (Wildman–Crippen LogP) is 10.1. The summed E-state index contributed by atoms with van der Waals surface area (Å²) in [5.41, 5.74) is 0.514. The maximum atomic E-state index is 12.9. The quantitative estimate of drug-likeness (QED) is 0.136. The maximum Gasteiger partial charge on any atom is 0.309 e. The highest BCUT2D eigenvalue weighted by Crippen LogP contribution is 2.76. The molecule has 316 valence electrons. The number of carboxylic acids is 1. The number of allylic oxidation sites excluding steroid dienone is 1. The second kappa shape index (κ2) is 17.4. The molecule has 0 amide bonds. The molecule has 0 aromatic heterocycles. The summed E-state index contributed by atoms with van der Waals surface area (Å²) < 4.78 is 21.8. The molecule has 56 heavy (non-hydrogen) atoms. The number of carboxylic acid groups (broad SMARTS) is 1. The Morgan fingerprint density at radius 3 is 2.02 bits per heavy atom. The maximum absolute atomic E-state index is 12.9. The summed E-state index contributed by atoms with van der Waals surface area (Å²) in [6.07, 6.45) is 15.4. The van der Waals surface area contributed by atoms with E-state index in [-0.39, 0.29) is 45.6 Å². The molecule has 8 unspecified atom stereocenters. The molecule has 1 aromatic rings. The molecule has 2 N–H and O–H groups in total. The summed E-state index contributed by atoms with van der Waals surface area (Å²) in [7, 11) is 6.71. The molecular formula is C47H75NO8. The van der Waals surface area contributed by atoms with Crippen molar-refractivity contribution in [2.75, 3.05) is 28.4 Å². The first-order valence-electron chi connectivity index (χ1n) is 21.2. The second-order valence-corrected chi connectivity index (χ2v) is 19.7. The van der Waals surface area contributed by atoms with Gasteiger partial charge in [-0.2, -0.15) is 0 Å². The molecular weight excluding hydrogens is 707 g/mol. The number of benzene rings is 1. The number of aldehydes is 1. The lowest BCUT2D eigenvalue weighted by atomic mass is 9.32. The molecule has 0 bridgehead atoms. The largest absolute Gasteiger partial charge is 0.493 e. The minimum absolute atomic E-state index is 0.0480. The normalized spacial score (nSPS) is 35.2. The molecule has 5 saturated carbocycles. The fourth-order valence-corrected chi connectivity index (χ4v) is 13.1. The second-order valence-electron chi connectivity index (χ2n) is 19.7. The van der Waals surface area contributed by atoms with Crippen molar-refractivity contribution in [2.45, 2.75) is 145 Å². The Labute approximate surface area is 338 Å². The van der Waals surface area contributed by atoms with Crippen molar-refractivity contribution in [3.05, 3.63) is 30.4 Å². The SMILES string of the molecule is C=CC.CC(C)(CC(=O)OC1CCC2(C)C(CCC3(C)C2CCC2C4CCCC4(C=O)CC[C@]23C)C1(C)C)C(=O)O.CNCc1cc(OC)c(OC)c(OC)c1. The van der Waals surface area contributed by atoms with Crippen molar-refractivity contribution in [1.82, 2.24) is 5.32 Å². The van der Waals surface area contributed by atoms with Crippen LogP contribution in [-0.2, 0) is 25.7 Å². The van der Waals surface area contributed by atoms with Crippen LogP contribution in [0.2, 0.25) is 0 Å². The van der Waals surface area contributed by atoms with Crippen LogP contribution < -0.4 is 19.5 Å². The molecule has 9 atom stereocenters. The summed E-state index contributed by atoms with van der Waals surface area (Å²) in [6, 6.07) is 3.86. The number of ether oxygens (including phenoxy) is 4. The van der Waals surface area contributed by atoms with Gasteiger partial charge in [-0.25, -0.2) is 0 Å². The van der Waals surface area contributed by atoms with Crippen molar-refractivity contribution >= 4 is 18.2 Å². The lowest BCUT2D eigenvalue weighted by molar-refractivity contribution is -0.246. The van der Waals surface area contributed by atoms with Crippen LogP contribution in [0.4, 0.5) is 0 Å². The van der Waals surface area contributed by atoms with Gasteiger partial charge in [0.2, 0.25) is 5.75 Å². The number of carbonyl (C=O) groups is 3. The fraction of sp³-hybridized carbons (Fsp3) is 0.766. The van der Waals surface area contributed by atoms with Crippen LogP contribution in [0.15, 0.2) is 24.8 Å². The number of esters is 1. The number of hydrogen-bond donors (Lipinski definition) is 2. The molecule has 0 heterocycles. The monoisotopic (exact) mass is 782 g/mol. The summed E-state index contributed by atoms with van der Waals surface area (Å²) in [5, 5.41) is 12.6. The fourth-order valence-electron chi connectivity index (χ4n) is 13.1. The minimum Gasteiger partial charge on any atom is -0.493 e.